The molecule has 0 bridgehead atoms. The van der Waals surface area contributed by atoms with Gasteiger partial charge in [-0.2, -0.15) is 0 Å². The first kappa shape index (κ1) is 14.5. The minimum absolute atomic E-state index is 0.0157. The molecule has 0 unspecified atom stereocenters. The Balaban J connectivity index is 2.03. The predicted octanol–water partition coefficient (Wildman–Crippen LogP) is 1.68. The molecule has 0 atom stereocenters. The molecular weight excluding hydrogens is 278 g/mol. The van der Waals surface area contributed by atoms with E-state index in [0.29, 0.717) is 22.8 Å². The SMILES string of the molecule is Cc1oc(COc2ccc([N+](=O)[O-])cc2)cc1C(=O)NN. The average molecular weight is 291 g/mol. The van der Waals surface area contributed by atoms with Gasteiger partial charge >= 0.3 is 0 Å². The van der Waals surface area contributed by atoms with E-state index in [1.807, 2.05) is 5.43 Å². The van der Waals surface area contributed by atoms with E-state index in [2.05, 4.69) is 0 Å². The number of hydrogen-bond acceptors (Lipinski definition) is 6. The Hall–Kier alpha value is -2.87. The molecule has 1 aromatic carbocycles. The fourth-order valence-corrected chi connectivity index (χ4v) is 1.74. The second-order valence-electron chi connectivity index (χ2n) is 4.20. The monoisotopic (exact) mass is 291 g/mol. The van der Waals surface area contributed by atoms with Crippen LogP contribution >= 0.6 is 0 Å². The molecule has 0 aliphatic rings. The summed E-state index contributed by atoms with van der Waals surface area (Å²) in [6.07, 6.45) is 0. The molecule has 8 heteroatoms. The molecule has 2 aromatic rings. The molecule has 0 saturated carbocycles. The molecule has 3 N–H and O–H groups in total. The van der Waals surface area contributed by atoms with Gasteiger partial charge in [-0.15, -0.1) is 0 Å². The van der Waals surface area contributed by atoms with E-state index in [1.54, 1.807) is 6.92 Å². The third-order valence-corrected chi connectivity index (χ3v) is 2.77. The van der Waals surface area contributed by atoms with Crippen molar-refractivity contribution in [2.24, 2.45) is 5.84 Å². The van der Waals surface area contributed by atoms with Gasteiger partial charge < -0.3 is 9.15 Å². The molecule has 0 aliphatic heterocycles. The Bertz CT molecular complexity index is 663. The maximum atomic E-state index is 11.4. The smallest absolute Gasteiger partial charge is 0.269 e. The van der Waals surface area contributed by atoms with Gasteiger partial charge in [0.05, 0.1) is 10.5 Å². The van der Waals surface area contributed by atoms with Crippen LogP contribution in [0.2, 0.25) is 0 Å². The van der Waals surface area contributed by atoms with E-state index >= 15 is 0 Å². The van der Waals surface area contributed by atoms with Gasteiger partial charge in [0.1, 0.15) is 23.9 Å². The lowest BCUT2D eigenvalue weighted by Gasteiger charge is -2.03. The molecule has 1 heterocycles. The molecule has 21 heavy (non-hydrogen) atoms. The summed E-state index contributed by atoms with van der Waals surface area (Å²) < 4.78 is 10.8. The molecule has 0 aliphatic carbocycles. The number of hydrazine groups is 1. The molecular formula is C13H13N3O5. The van der Waals surface area contributed by atoms with Crippen molar-refractivity contribution < 1.29 is 18.9 Å². The first-order valence-corrected chi connectivity index (χ1v) is 5.98. The Morgan fingerprint density at radius 3 is 2.67 bits per heavy atom. The van der Waals surface area contributed by atoms with Crippen LogP contribution in [0, 0.1) is 17.0 Å². The number of nitrogens with zero attached hydrogens (tertiary/aromatic N) is 1. The third-order valence-electron chi connectivity index (χ3n) is 2.77. The van der Waals surface area contributed by atoms with Crippen molar-refractivity contribution >= 4 is 11.6 Å². The minimum Gasteiger partial charge on any atom is -0.486 e. The summed E-state index contributed by atoms with van der Waals surface area (Å²) in [7, 11) is 0. The summed E-state index contributed by atoms with van der Waals surface area (Å²) in [4.78, 5) is 21.5. The van der Waals surface area contributed by atoms with E-state index in [4.69, 9.17) is 15.0 Å². The number of aryl methyl sites for hydroxylation is 1. The highest BCUT2D eigenvalue weighted by Crippen LogP contribution is 2.20. The number of benzene rings is 1. The number of non-ortho nitro benzene ring substituents is 1. The maximum absolute atomic E-state index is 11.4. The Labute approximate surface area is 119 Å². The zero-order valence-electron chi connectivity index (χ0n) is 11.2. The van der Waals surface area contributed by atoms with Gasteiger partial charge in [0.25, 0.3) is 11.6 Å². The first-order chi connectivity index (χ1) is 10.0. The van der Waals surface area contributed by atoms with E-state index in [1.165, 1.54) is 30.3 Å². The van der Waals surface area contributed by atoms with Gasteiger partial charge in [-0.1, -0.05) is 0 Å². The average Bonchev–Trinajstić information content (AvgIpc) is 2.86. The molecule has 0 fully saturated rings. The van der Waals surface area contributed by atoms with Gasteiger partial charge in [0, 0.05) is 12.1 Å². The van der Waals surface area contributed by atoms with Crippen molar-refractivity contribution in [3.63, 3.8) is 0 Å². The van der Waals surface area contributed by atoms with Crippen LogP contribution in [-0.4, -0.2) is 10.8 Å². The van der Waals surface area contributed by atoms with Crippen LogP contribution in [0.3, 0.4) is 0 Å². The van der Waals surface area contributed by atoms with Crippen LogP contribution < -0.4 is 16.0 Å². The van der Waals surface area contributed by atoms with Crippen molar-refractivity contribution in [2.75, 3.05) is 0 Å². The molecule has 0 saturated heterocycles. The molecule has 0 spiro atoms. The van der Waals surface area contributed by atoms with Crippen LogP contribution in [-0.2, 0) is 6.61 Å². The highest BCUT2D eigenvalue weighted by molar-refractivity contribution is 5.94. The predicted molar refractivity (Wildman–Crippen MR) is 72.5 cm³/mol. The fraction of sp³-hybridized carbons (Fsp3) is 0.154. The largest absolute Gasteiger partial charge is 0.486 e. The maximum Gasteiger partial charge on any atom is 0.269 e. The van der Waals surface area contributed by atoms with Gasteiger partial charge in [-0.05, 0) is 25.1 Å². The molecule has 0 radical (unpaired) electrons. The van der Waals surface area contributed by atoms with Gasteiger partial charge in [-0.3, -0.25) is 20.3 Å². The molecule has 1 amide bonds. The highest BCUT2D eigenvalue weighted by atomic mass is 16.6. The number of nitrogens with one attached hydrogen (secondary N) is 1. The Morgan fingerprint density at radius 1 is 1.43 bits per heavy atom. The number of ether oxygens (including phenoxy) is 1. The summed E-state index contributed by atoms with van der Waals surface area (Å²) in [5.74, 6) is 5.95. The molecule has 110 valence electrons. The number of carbonyl (C=O) groups is 1. The number of carbonyl (C=O) groups excluding carboxylic acids is 1. The van der Waals surface area contributed by atoms with Crippen molar-refractivity contribution in [3.05, 3.63) is 57.5 Å². The summed E-state index contributed by atoms with van der Waals surface area (Å²) in [5, 5.41) is 10.5. The van der Waals surface area contributed by atoms with Crippen molar-refractivity contribution in [2.45, 2.75) is 13.5 Å². The molecule has 2 rings (SSSR count). The number of hydrogen-bond donors (Lipinski definition) is 2. The molecule has 1 aromatic heterocycles. The summed E-state index contributed by atoms with van der Waals surface area (Å²) >= 11 is 0. The standard InChI is InChI=1S/C13H13N3O5/c1-8-12(13(17)15-14)6-11(21-8)7-20-10-4-2-9(3-5-10)16(18)19/h2-6H,7,14H2,1H3,(H,15,17). The highest BCUT2D eigenvalue weighted by Gasteiger charge is 2.14. The van der Waals surface area contributed by atoms with Crippen LogP contribution in [0.15, 0.2) is 34.7 Å². The Morgan fingerprint density at radius 2 is 2.10 bits per heavy atom. The van der Waals surface area contributed by atoms with E-state index in [0.717, 1.165) is 0 Å². The molecule has 8 nitrogen and oxygen atoms in total. The number of nitrogens with two attached hydrogens (primary N) is 1. The number of amides is 1. The number of nitro groups is 1. The van der Waals surface area contributed by atoms with Gasteiger partial charge in [-0.25, -0.2) is 5.84 Å². The summed E-state index contributed by atoms with van der Waals surface area (Å²) in [6, 6.07) is 7.19. The lowest BCUT2D eigenvalue weighted by Crippen LogP contribution is -2.30. The zero-order chi connectivity index (χ0) is 15.4. The van der Waals surface area contributed by atoms with Crippen LogP contribution in [0.25, 0.3) is 0 Å². The normalized spacial score (nSPS) is 10.2. The third kappa shape index (κ3) is 3.37. The number of rotatable bonds is 5. The quantitative estimate of drug-likeness (QED) is 0.374. The van der Waals surface area contributed by atoms with Gasteiger partial charge in [0.15, 0.2) is 0 Å². The van der Waals surface area contributed by atoms with Crippen LogP contribution in [0.4, 0.5) is 5.69 Å². The number of nitrogen functional groups attached to an aromatic ring is 1. The minimum atomic E-state index is -0.489. The zero-order valence-corrected chi connectivity index (χ0v) is 11.2. The number of furan rings is 1. The number of nitro benzene ring substituents is 1. The Kier molecular flexibility index (Phi) is 4.19. The fourth-order valence-electron chi connectivity index (χ4n) is 1.74. The van der Waals surface area contributed by atoms with E-state index < -0.39 is 10.8 Å². The van der Waals surface area contributed by atoms with Crippen LogP contribution in [0.5, 0.6) is 5.75 Å². The van der Waals surface area contributed by atoms with Crippen LogP contribution in [0.1, 0.15) is 21.9 Å². The van der Waals surface area contributed by atoms with Crippen molar-refractivity contribution in [1.29, 1.82) is 0 Å². The van der Waals surface area contributed by atoms with E-state index in [9.17, 15) is 14.9 Å². The summed E-state index contributed by atoms with van der Waals surface area (Å²) in [5.41, 5.74) is 2.34. The van der Waals surface area contributed by atoms with Crippen molar-refractivity contribution in [3.8, 4) is 5.75 Å². The second-order valence-corrected chi connectivity index (χ2v) is 4.20. The van der Waals surface area contributed by atoms with Crippen molar-refractivity contribution in [1.82, 2.24) is 5.43 Å². The van der Waals surface area contributed by atoms with E-state index in [-0.39, 0.29) is 12.3 Å². The topological polar surface area (TPSA) is 121 Å². The summed E-state index contributed by atoms with van der Waals surface area (Å²) in [6.45, 7) is 1.73. The lowest BCUT2D eigenvalue weighted by molar-refractivity contribution is -0.384. The van der Waals surface area contributed by atoms with Gasteiger partial charge in [0.2, 0.25) is 0 Å². The lowest BCUT2D eigenvalue weighted by atomic mass is 10.2. The first-order valence-electron chi connectivity index (χ1n) is 5.98. The second kappa shape index (κ2) is 6.06.